The van der Waals surface area contributed by atoms with Crippen molar-refractivity contribution in [2.24, 2.45) is 5.73 Å². The fourth-order valence-corrected chi connectivity index (χ4v) is 3.89. The standard InChI is InChI=1S/C19H23ClN4O3/c20-14-5-3-12(4-6-14)17-22-18(27-23-17)13-2-1-9-24(11-13)19(25)16-8-7-15(10-21)26-16/h3-6,13,15-16H,1-2,7-11,21H2/t13?,15-,16+/m1/s1. The first-order valence-corrected chi connectivity index (χ1v) is 9.75. The van der Waals surface area contributed by atoms with Gasteiger partial charge in [0.15, 0.2) is 0 Å². The molecule has 2 aromatic rings. The summed E-state index contributed by atoms with van der Waals surface area (Å²) in [6.07, 6.45) is 3.04. The summed E-state index contributed by atoms with van der Waals surface area (Å²) in [5.41, 5.74) is 6.50. The van der Waals surface area contributed by atoms with E-state index in [2.05, 4.69) is 10.1 Å². The third-order valence-electron chi connectivity index (χ3n) is 5.27. The molecule has 2 fully saturated rings. The molecule has 0 saturated carbocycles. The third kappa shape index (κ3) is 4.00. The molecule has 4 rings (SSSR count). The molecule has 2 saturated heterocycles. The number of rotatable bonds is 4. The lowest BCUT2D eigenvalue weighted by atomic mass is 9.97. The number of likely N-dealkylation sites (tertiary alicyclic amines) is 1. The average molecular weight is 391 g/mol. The zero-order chi connectivity index (χ0) is 18.8. The van der Waals surface area contributed by atoms with Crippen molar-refractivity contribution in [3.8, 4) is 11.4 Å². The number of piperidine rings is 1. The lowest BCUT2D eigenvalue weighted by molar-refractivity contribution is -0.144. The molecule has 2 aliphatic heterocycles. The zero-order valence-electron chi connectivity index (χ0n) is 15.0. The van der Waals surface area contributed by atoms with Gasteiger partial charge in [0, 0.05) is 30.2 Å². The Morgan fingerprint density at radius 1 is 1.26 bits per heavy atom. The van der Waals surface area contributed by atoms with Crippen LogP contribution < -0.4 is 5.73 Å². The summed E-state index contributed by atoms with van der Waals surface area (Å²) in [7, 11) is 0. The molecular weight excluding hydrogens is 368 g/mol. The summed E-state index contributed by atoms with van der Waals surface area (Å²) in [5, 5.41) is 4.75. The van der Waals surface area contributed by atoms with Crippen LogP contribution in [0.15, 0.2) is 28.8 Å². The van der Waals surface area contributed by atoms with Crippen molar-refractivity contribution < 1.29 is 14.1 Å². The minimum absolute atomic E-state index is 0.00240. The number of carbonyl (C=O) groups is 1. The number of carbonyl (C=O) groups excluding carboxylic acids is 1. The van der Waals surface area contributed by atoms with Gasteiger partial charge in [-0.3, -0.25) is 4.79 Å². The zero-order valence-corrected chi connectivity index (χ0v) is 15.8. The molecule has 8 heteroatoms. The maximum atomic E-state index is 12.8. The Morgan fingerprint density at radius 2 is 2.07 bits per heavy atom. The molecule has 0 bridgehead atoms. The van der Waals surface area contributed by atoms with E-state index < -0.39 is 0 Å². The number of aromatic nitrogens is 2. The quantitative estimate of drug-likeness (QED) is 0.862. The SMILES string of the molecule is NC[C@H]1CC[C@@H](C(=O)N2CCCC(c3nc(-c4ccc(Cl)cc4)no3)C2)O1. The number of hydrogen-bond donors (Lipinski definition) is 1. The highest BCUT2D eigenvalue weighted by Gasteiger charge is 2.36. The molecule has 1 unspecified atom stereocenters. The van der Waals surface area contributed by atoms with Gasteiger partial charge >= 0.3 is 0 Å². The molecule has 1 aromatic carbocycles. The molecule has 3 heterocycles. The topological polar surface area (TPSA) is 94.5 Å². The Labute approximate surface area is 162 Å². The summed E-state index contributed by atoms with van der Waals surface area (Å²) in [4.78, 5) is 19.2. The molecule has 2 N–H and O–H groups in total. The van der Waals surface area contributed by atoms with Gasteiger partial charge in [0.25, 0.3) is 5.91 Å². The smallest absolute Gasteiger partial charge is 0.251 e. The van der Waals surface area contributed by atoms with Crippen LogP contribution in [0.4, 0.5) is 0 Å². The molecule has 27 heavy (non-hydrogen) atoms. The van der Waals surface area contributed by atoms with Crippen LogP contribution in [0.25, 0.3) is 11.4 Å². The van der Waals surface area contributed by atoms with E-state index in [9.17, 15) is 4.79 Å². The van der Waals surface area contributed by atoms with E-state index in [1.165, 1.54) is 0 Å². The maximum absolute atomic E-state index is 12.8. The van der Waals surface area contributed by atoms with Gasteiger partial charge in [-0.1, -0.05) is 16.8 Å². The van der Waals surface area contributed by atoms with Crippen LogP contribution in [0.3, 0.4) is 0 Å². The molecule has 3 atom stereocenters. The third-order valence-corrected chi connectivity index (χ3v) is 5.52. The summed E-state index contributed by atoms with van der Waals surface area (Å²) < 4.78 is 11.3. The van der Waals surface area contributed by atoms with Crippen molar-refractivity contribution in [1.29, 1.82) is 0 Å². The summed E-state index contributed by atoms with van der Waals surface area (Å²) >= 11 is 5.92. The number of benzene rings is 1. The molecule has 2 aliphatic rings. The first kappa shape index (κ1) is 18.4. The fraction of sp³-hybridized carbons (Fsp3) is 0.526. The molecule has 0 aliphatic carbocycles. The van der Waals surface area contributed by atoms with Gasteiger partial charge in [0.2, 0.25) is 11.7 Å². The molecule has 1 aromatic heterocycles. The predicted octanol–water partition coefficient (Wildman–Crippen LogP) is 2.60. The monoisotopic (exact) mass is 390 g/mol. The normalized spacial score (nSPS) is 25.7. The Balaban J connectivity index is 1.42. The first-order chi connectivity index (χ1) is 13.1. The molecule has 0 spiro atoms. The highest BCUT2D eigenvalue weighted by molar-refractivity contribution is 6.30. The number of hydrogen-bond acceptors (Lipinski definition) is 6. The van der Waals surface area contributed by atoms with Gasteiger partial charge in [-0.05, 0) is 49.9 Å². The lowest BCUT2D eigenvalue weighted by Gasteiger charge is -2.32. The molecule has 1 amide bonds. The largest absolute Gasteiger partial charge is 0.364 e. The van der Waals surface area contributed by atoms with Crippen molar-refractivity contribution in [2.75, 3.05) is 19.6 Å². The molecule has 7 nitrogen and oxygen atoms in total. The van der Waals surface area contributed by atoms with Crippen LogP contribution in [0.2, 0.25) is 5.02 Å². The number of ether oxygens (including phenoxy) is 1. The van der Waals surface area contributed by atoms with Crippen LogP contribution in [-0.2, 0) is 9.53 Å². The maximum Gasteiger partial charge on any atom is 0.251 e. The molecular formula is C19H23ClN4O3. The van der Waals surface area contributed by atoms with Gasteiger partial charge in [0.1, 0.15) is 6.10 Å². The van der Waals surface area contributed by atoms with E-state index in [4.69, 9.17) is 26.6 Å². The van der Waals surface area contributed by atoms with Gasteiger partial charge in [0.05, 0.1) is 12.0 Å². The minimum Gasteiger partial charge on any atom is -0.364 e. The van der Waals surface area contributed by atoms with E-state index >= 15 is 0 Å². The number of nitrogens with two attached hydrogens (primary N) is 1. The first-order valence-electron chi connectivity index (χ1n) is 9.38. The van der Waals surface area contributed by atoms with Crippen LogP contribution in [0.5, 0.6) is 0 Å². The Hall–Kier alpha value is -1.96. The van der Waals surface area contributed by atoms with Crippen LogP contribution in [0, 0.1) is 0 Å². The fourth-order valence-electron chi connectivity index (χ4n) is 3.76. The predicted molar refractivity (Wildman–Crippen MR) is 100 cm³/mol. The number of amides is 1. The van der Waals surface area contributed by atoms with E-state index in [0.717, 1.165) is 37.8 Å². The van der Waals surface area contributed by atoms with Gasteiger partial charge in [-0.15, -0.1) is 0 Å². The summed E-state index contributed by atoms with van der Waals surface area (Å²) in [6.45, 7) is 1.77. The highest BCUT2D eigenvalue weighted by atomic mass is 35.5. The van der Waals surface area contributed by atoms with Gasteiger partial charge in [-0.2, -0.15) is 4.98 Å². The second-order valence-electron chi connectivity index (χ2n) is 7.15. The van der Waals surface area contributed by atoms with Crippen molar-refractivity contribution in [3.63, 3.8) is 0 Å². The van der Waals surface area contributed by atoms with Crippen LogP contribution in [-0.4, -0.2) is 52.8 Å². The average Bonchev–Trinajstić information content (AvgIpc) is 3.38. The summed E-state index contributed by atoms with van der Waals surface area (Å²) in [6, 6.07) is 7.31. The van der Waals surface area contributed by atoms with Crippen molar-refractivity contribution in [3.05, 3.63) is 35.2 Å². The molecule has 144 valence electrons. The lowest BCUT2D eigenvalue weighted by Crippen LogP contribution is -2.44. The minimum atomic E-state index is -0.371. The van der Waals surface area contributed by atoms with Gasteiger partial charge in [-0.25, -0.2) is 0 Å². The molecule has 0 radical (unpaired) electrons. The van der Waals surface area contributed by atoms with E-state index in [-0.39, 0.29) is 24.0 Å². The van der Waals surface area contributed by atoms with Crippen LogP contribution >= 0.6 is 11.6 Å². The summed E-state index contributed by atoms with van der Waals surface area (Å²) in [5.74, 6) is 1.20. The Bertz CT molecular complexity index is 795. The second kappa shape index (κ2) is 7.96. The number of nitrogens with zero attached hydrogens (tertiary/aromatic N) is 3. The van der Waals surface area contributed by atoms with Crippen LogP contribution in [0.1, 0.15) is 37.5 Å². The van der Waals surface area contributed by atoms with Crippen molar-refractivity contribution >= 4 is 17.5 Å². The van der Waals surface area contributed by atoms with E-state index in [1.54, 1.807) is 12.1 Å². The highest BCUT2D eigenvalue weighted by Crippen LogP contribution is 2.30. The Morgan fingerprint density at radius 3 is 2.81 bits per heavy atom. The van der Waals surface area contributed by atoms with E-state index in [0.29, 0.717) is 29.8 Å². The van der Waals surface area contributed by atoms with Crippen molar-refractivity contribution in [2.45, 2.75) is 43.8 Å². The van der Waals surface area contributed by atoms with Crippen molar-refractivity contribution in [1.82, 2.24) is 15.0 Å². The number of halogens is 1. The van der Waals surface area contributed by atoms with E-state index in [1.807, 2.05) is 17.0 Å². The van der Waals surface area contributed by atoms with Gasteiger partial charge < -0.3 is 19.9 Å². The Kier molecular flexibility index (Phi) is 5.43. The second-order valence-corrected chi connectivity index (χ2v) is 7.58.